The lowest BCUT2D eigenvalue weighted by molar-refractivity contribution is -0.142. The molecule has 0 saturated carbocycles. The van der Waals surface area contributed by atoms with Crippen LogP contribution in [0.1, 0.15) is 16.7 Å². The van der Waals surface area contributed by atoms with Crippen molar-refractivity contribution in [2.45, 2.75) is 12.5 Å². The minimum Gasteiger partial charge on any atom is -0.493 e. The molecule has 3 N–H and O–H groups in total. The maximum atomic E-state index is 12.4. The topological polar surface area (TPSA) is 99.9 Å². The number of hydrogen-bond donors (Lipinski definition) is 2. The molecule has 1 heterocycles. The molecule has 8 heteroatoms. The zero-order valence-corrected chi connectivity index (χ0v) is 19.6. The Bertz CT molecular complexity index is 1220. The fraction of sp³-hybridized carbons (Fsp3) is 0.154. The fourth-order valence-electron chi connectivity index (χ4n) is 3.62. The van der Waals surface area contributed by atoms with Crippen molar-refractivity contribution in [2.75, 3.05) is 19.5 Å². The van der Waals surface area contributed by atoms with Crippen LogP contribution in [0.25, 0.3) is 11.6 Å². The van der Waals surface area contributed by atoms with E-state index in [4.69, 9.17) is 15.2 Å². The van der Waals surface area contributed by atoms with Crippen molar-refractivity contribution in [2.24, 2.45) is 5.73 Å². The molecule has 0 aromatic heterocycles. The fourth-order valence-corrected chi connectivity index (χ4v) is 3.62. The summed E-state index contributed by atoms with van der Waals surface area (Å²) in [5.74, 6) is 1.10. The molecule has 0 radical (unpaired) electrons. The van der Waals surface area contributed by atoms with Crippen LogP contribution < -0.4 is 20.5 Å². The second kappa shape index (κ2) is 10.9. The van der Waals surface area contributed by atoms with Crippen LogP contribution in [0.3, 0.4) is 0 Å². The number of amides is 1. The average Bonchev–Trinajstić information content (AvgIpc) is 3.15. The third-order valence-corrected chi connectivity index (χ3v) is 5.32. The van der Waals surface area contributed by atoms with Crippen molar-refractivity contribution in [3.8, 4) is 17.2 Å². The van der Waals surface area contributed by atoms with Gasteiger partial charge in [-0.25, -0.2) is 0 Å². The summed E-state index contributed by atoms with van der Waals surface area (Å²) < 4.78 is 16.2. The van der Waals surface area contributed by atoms with Crippen LogP contribution in [0.4, 0.5) is 5.69 Å². The molecule has 1 aliphatic rings. The number of para-hydroxylation sites is 1. The minimum absolute atomic E-state index is 0. The molecule has 176 valence electrons. The van der Waals surface area contributed by atoms with Crippen molar-refractivity contribution in [1.29, 1.82) is 0 Å². The summed E-state index contributed by atoms with van der Waals surface area (Å²) in [7, 11) is 2.88. The lowest BCUT2D eigenvalue weighted by Crippen LogP contribution is -2.33. The van der Waals surface area contributed by atoms with Gasteiger partial charge in [-0.05, 0) is 54.0 Å². The summed E-state index contributed by atoms with van der Waals surface area (Å²) >= 11 is 0. The Labute approximate surface area is 203 Å². The van der Waals surface area contributed by atoms with Gasteiger partial charge in [0.15, 0.2) is 11.5 Å². The lowest BCUT2D eigenvalue weighted by Gasteiger charge is -2.13. The van der Waals surface area contributed by atoms with E-state index in [1.165, 1.54) is 7.11 Å². The highest BCUT2D eigenvalue weighted by atomic mass is 35.5. The number of carbonyl (C=O) groups excluding carboxylic acids is 2. The van der Waals surface area contributed by atoms with Crippen molar-refractivity contribution in [1.82, 2.24) is 0 Å². The third-order valence-electron chi connectivity index (χ3n) is 5.32. The number of benzene rings is 3. The van der Waals surface area contributed by atoms with Gasteiger partial charge in [-0.1, -0.05) is 36.4 Å². The van der Waals surface area contributed by atoms with E-state index in [1.54, 1.807) is 25.3 Å². The second-order valence-electron chi connectivity index (χ2n) is 7.55. The molecule has 0 fully saturated rings. The number of esters is 1. The van der Waals surface area contributed by atoms with Crippen molar-refractivity contribution in [3.63, 3.8) is 0 Å². The maximum absolute atomic E-state index is 12.4. The number of halogens is 1. The average molecular weight is 481 g/mol. The molecule has 0 saturated heterocycles. The van der Waals surface area contributed by atoms with Crippen LogP contribution in [-0.4, -0.2) is 32.1 Å². The zero-order valence-electron chi connectivity index (χ0n) is 18.7. The normalized spacial score (nSPS) is 14.0. The molecule has 1 atom stereocenters. The van der Waals surface area contributed by atoms with Gasteiger partial charge in [0.25, 0.3) is 5.91 Å². The maximum Gasteiger partial charge on any atom is 0.322 e. The van der Waals surface area contributed by atoms with Crippen LogP contribution in [0.2, 0.25) is 0 Å². The summed E-state index contributed by atoms with van der Waals surface area (Å²) in [6.07, 6.45) is 2.20. The van der Waals surface area contributed by atoms with E-state index in [0.717, 1.165) is 22.4 Å². The van der Waals surface area contributed by atoms with Gasteiger partial charge in [0, 0.05) is 16.8 Å². The summed E-state index contributed by atoms with van der Waals surface area (Å²) in [4.78, 5) is 23.9. The van der Waals surface area contributed by atoms with Gasteiger partial charge in [0.05, 0.1) is 14.2 Å². The van der Waals surface area contributed by atoms with Gasteiger partial charge in [-0.3, -0.25) is 9.59 Å². The molecule has 4 rings (SSSR count). The van der Waals surface area contributed by atoms with Crippen molar-refractivity contribution >= 4 is 41.6 Å². The van der Waals surface area contributed by atoms with E-state index in [9.17, 15) is 9.59 Å². The number of anilines is 1. The van der Waals surface area contributed by atoms with Gasteiger partial charge in [0.1, 0.15) is 11.8 Å². The Kier molecular flexibility index (Phi) is 7.94. The van der Waals surface area contributed by atoms with Gasteiger partial charge >= 0.3 is 5.97 Å². The van der Waals surface area contributed by atoms with E-state index in [0.29, 0.717) is 29.2 Å². The predicted octanol–water partition coefficient (Wildman–Crippen LogP) is 4.44. The van der Waals surface area contributed by atoms with Crippen LogP contribution in [-0.2, 0) is 20.7 Å². The Hall–Kier alpha value is -3.81. The Morgan fingerprint density at radius 3 is 2.47 bits per heavy atom. The van der Waals surface area contributed by atoms with Crippen LogP contribution in [0.5, 0.6) is 17.2 Å². The van der Waals surface area contributed by atoms with E-state index in [1.807, 2.05) is 54.6 Å². The van der Waals surface area contributed by atoms with E-state index >= 15 is 0 Å². The molecule has 34 heavy (non-hydrogen) atoms. The van der Waals surface area contributed by atoms with Crippen LogP contribution >= 0.6 is 12.4 Å². The molecular formula is C26H25ClN2O5. The van der Waals surface area contributed by atoms with E-state index in [2.05, 4.69) is 10.1 Å². The van der Waals surface area contributed by atoms with Crippen LogP contribution in [0.15, 0.2) is 66.7 Å². The van der Waals surface area contributed by atoms with Gasteiger partial charge in [-0.2, -0.15) is 0 Å². The molecular weight excluding hydrogens is 456 g/mol. The Balaban J connectivity index is 0.00000324. The minimum atomic E-state index is -0.711. The smallest absolute Gasteiger partial charge is 0.322 e. The first-order valence-electron chi connectivity index (χ1n) is 10.4. The number of nitrogens with two attached hydrogens (primary N) is 1. The summed E-state index contributed by atoms with van der Waals surface area (Å²) in [5, 5.41) is 2.87. The van der Waals surface area contributed by atoms with Crippen molar-refractivity contribution in [3.05, 3.63) is 83.4 Å². The number of carbonyl (C=O) groups is 2. The first-order valence-corrected chi connectivity index (χ1v) is 10.4. The molecule has 1 unspecified atom stereocenters. The largest absolute Gasteiger partial charge is 0.493 e. The number of hydrogen-bond acceptors (Lipinski definition) is 6. The summed E-state index contributed by atoms with van der Waals surface area (Å²) in [5.41, 5.74) is 9.79. The van der Waals surface area contributed by atoms with E-state index in [-0.39, 0.29) is 18.3 Å². The molecule has 0 aliphatic carbocycles. The molecule has 0 bridgehead atoms. The molecule has 0 spiro atoms. The number of ether oxygens (including phenoxy) is 3. The van der Waals surface area contributed by atoms with Crippen molar-refractivity contribution < 1.29 is 23.8 Å². The number of methoxy groups -OCH3 is 2. The summed E-state index contributed by atoms with van der Waals surface area (Å²) in [6, 6.07) is 19.6. The van der Waals surface area contributed by atoms with Gasteiger partial charge in [0.2, 0.25) is 0 Å². The quantitative estimate of drug-likeness (QED) is 0.383. The van der Waals surface area contributed by atoms with Gasteiger partial charge < -0.3 is 25.3 Å². The Morgan fingerprint density at radius 2 is 1.76 bits per heavy atom. The highest BCUT2D eigenvalue weighted by Gasteiger charge is 2.23. The van der Waals surface area contributed by atoms with Gasteiger partial charge in [-0.15, -0.1) is 12.4 Å². The number of rotatable bonds is 7. The molecule has 1 amide bonds. The highest BCUT2D eigenvalue weighted by molar-refractivity contribution is 6.34. The highest BCUT2D eigenvalue weighted by Crippen LogP contribution is 2.36. The lowest BCUT2D eigenvalue weighted by atomic mass is 10.0. The standard InChI is InChI=1S/C26H24N2O5.ClH/c1-31-24-15-17(13-20-19-5-3-4-6-22(19)28-25(20)29)9-12-23(24)33-18-10-7-16(8-11-18)14-21(27)26(30)32-2;/h3-13,15,21H,14,27H2,1-2H3,(H,28,29);1H/b20-13+;. The molecule has 7 nitrogen and oxygen atoms in total. The summed E-state index contributed by atoms with van der Waals surface area (Å²) in [6.45, 7) is 0. The zero-order chi connectivity index (χ0) is 23.4. The van der Waals surface area contributed by atoms with E-state index < -0.39 is 12.0 Å². The first-order chi connectivity index (χ1) is 16.0. The molecule has 1 aliphatic heterocycles. The Morgan fingerprint density at radius 1 is 1.03 bits per heavy atom. The van der Waals surface area contributed by atoms with Crippen LogP contribution in [0, 0.1) is 0 Å². The number of nitrogens with one attached hydrogen (secondary N) is 1. The monoisotopic (exact) mass is 480 g/mol. The number of fused-ring (bicyclic) bond motifs is 1. The molecule has 3 aromatic carbocycles. The predicted molar refractivity (Wildman–Crippen MR) is 133 cm³/mol. The molecule has 3 aromatic rings. The SMILES string of the molecule is COC(=O)C(N)Cc1ccc(Oc2ccc(/C=C3/C(=O)Nc4ccccc43)cc2OC)cc1.Cl. The first kappa shape index (κ1) is 24.8. The second-order valence-corrected chi connectivity index (χ2v) is 7.55. The third kappa shape index (κ3) is 5.39.